The molecule has 0 spiro atoms. The van der Waals surface area contributed by atoms with Gasteiger partial charge in [0.1, 0.15) is 5.82 Å². The average molecular weight is 223 g/mol. The van der Waals surface area contributed by atoms with Crippen LogP contribution in [0.15, 0.2) is 6.07 Å². The smallest absolute Gasteiger partial charge is 0.220 e. The Hall–Kier alpha value is -1.36. The highest BCUT2D eigenvalue weighted by Gasteiger charge is 2.29. The van der Waals surface area contributed by atoms with Crippen molar-refractivity contribution in [2.75, 3.05) is 14.2 Å². The van der Waals surface area contributed by atoms with Gasteiger partial charge in [-0.2, -0.15) is 9.97 Å². The highest BCUT2D eigenvalue weighted by molar-refractivity contribution is 5.21. The molecule has 0 aromatic carbocycles. The Morgan fingerprint density at radius 3 is 2.31 bits per heavy atom. The second-order valence-corrected chi connectivity index (χ2v) is 4.07. The van der Waals surface area contributed by atoms with Crippen LogP contribution in [0.5, 0.6) is 11.8 Å². The number of nitrogens with zero attached hydrogens (tertiary/aromatic N) is 2. The maximum atomic E-state index is 6.03. The fourth-order valence-electron chi connectivity index (χ4n) is 1.65. The molecule has 1 aliphatic rings. The number of ether oxygens (including phenoxy) is 2. The lowest BCUT2D eigenvalue weighted by Gasteiger charge is -2.10. The summed E-state index contributed by atoms with van der Waals surface area (Å²) in [5.74, 6) is 2.37. The van der Waals surface area contributed by atoms with E-state index in [0.717, 1.165) is 0 Å². The van der Waals surface area contributed by atoms with E-state index in [9.17, 15) is 0 Å². The summed E-state index contributed by atoms with van der Waals surface area (Å²) >= 11 is 0. The first-order valence-corrected chi connectivity index (χ1v) is 5.44. The fourth-order valence-corrected chi connectivity index (χ4v) is 1.65. The minimum absolute atomic E-state index is 0.150. The highest BCUT2D eigenvalue weighted by atomic mass is 16.5. The van der Waals surface area contributed by atoms with Crippen LogP contribution in [0, 0.1) is 5.92 Å². The number of methoxy groups -OCH3 is 2. The lowest BCUT2D eigenvalue weighted by Crippen LogP contribution is -2.26. The third-order valence-corrected chi connectivity index (χ3v) is 2.79. The normalized spacial score (nSPS) is 16.9. The molecule has 16 heavy (non-hydrogen) atoms. The van der Waals surface area contributed by atoms with Crippen molar-refractivity contribution in [3.63, 3.8) is 0 Å². The summed E-state index contributed by atoms with van der Waals surface area (Å²) in [5.41, 5.74) is 6.03. The Morgan fingerprint density at radius 2 is 1.88 bits per heavy atom. The SMILES string of the molecule is COc1cc(OC)nc(CC(N)C2CC2)n1. The molecule has 1 fully saturated rings. The van der Waals surface area contributed by atoms with Crippen molar-refractivity contribution in [1.29, 1.82) is 0 Å². The van der Waals surface area contributed by atoms with E-state index in [4.69, 9.17) is 15.2 Å². The predicted molar refractivity (Wildman–Crippen MR) is 59.5 cm³/mol. The van der Waals surface area contributed by atoms with Gasteiger partial charge in [-0.15, -0.1) is 0 Å². The van der Waals surface area contributed by atoms with Gasteiger partial charge < -0.3 is 15.2 Å². The summed E-state index contributed by atoms with van der Waals surface area (Å²) in [5, 5.41) is 0. The zero-order chi connectivity index (χ0) is 11.5. The van der Waals surface area contributed by atoms with E-state index in [2.05, 4.69) is 9.97 Å². The van der Waals surface area contributed by atoms with Gasteiger partial charge >= 0.3 is 0 Å². The molecule has 0 aliphatic heterocycles. The van der Waals surface area contributed by atoms with Gasteiger partial charge in [0.15, 0.2) is 0 Å². The van der Waals surface area contributed by atoms with Gasteiger partial charge in [0, 0.05) is 12.5 Å². The number of nitrogens with two attached hydrogens (primary N) is 1. The van der Waals surface area contributed by atoms with E-state index in [1.165, 1.54) is 12.8 Å². The van der Waals surface area contributed by atoms with Gasteiger partial charge in [0.25, 0.3) is 0 Å². The van der Waals surface area contributed by atoms with Crippen LogP contribution in [0.25, 0.3) is 0 Å². The fraction of sp³-hybridized carbons (Fsp3) is 0.636. The van der Waals surface area contributed by atoms with Crippen LogP contribution in [-0.4, -0.2) is 30.2 Å². The zero-order valence-corrected chi connectivity index (χ0v) is 9.64. The molecule has 1 saturated carbocycles. The second-order valence-electron chi connectivity index (χ2n) is 4.07. The third kappa shape index (κ3) is 2.61. The molecule has 0 amide bonds. The van der Waals surface area contributed by atoms with E-state index in [-0.39, 0.29) is 6.04 Å². The van der Waals surface area contributed by atoms with E-state index in [1.54, 1.807) is 20.3 Å². The van der Waals surface area contributed by atoms with Crippen molar-refractivity contribution in [2.24, 2.45) is 11.7 Å². The monoisotopic (exact) mass is 223 g/mol. The standard InChI is InChI=1S/C11H17N3O2/c1-15-10-6-11(16-2)14-9(13-10)5-8(12)7-3-4-7/h6-8H,3-5,12H2,1-2H3. The maximum Gasteiger partial charge on any atom is 0.220 e. The largest absolute Gasteiger partial charge is 0.481 e. The lowest BCUT2D eigenvalue weighted by atomic mass is 10.1. The molecule has 1 aliphatic carbocycles. The van der Waals surface area contributed by atoms with Crippen LogP contribution in [0.3, 0.4) is 0 Å². The van der Waals surface area contributed by atoms with Crippen molar-refractivity contribution < 1.29 is 9.47 Å². The summed E-state index contributed by atoms with van der Waals surface area (Å²) in [4.78, 5) is 8.51. The molecule has 1 unspecified atom stereocenters. The summed E-state index contributed by atoms with van der Waals surface area (Å²) in [6.07, 6.45) is 3.13. The molecule has 0 bridgehead atoms. The molecule has 5 nitrogen and oxygen atoms in total. The first kappa shape index (κ1) is 11.1. The van der Waals surface area contributed by atoms with Crippen LogP contribution < -0.4 is 15.2 Å². The van der Waals surface area contributed by atoms with Crippen molar-refractivity contribution >= 4 is 0 Å². The maximum absolute atomic E-state index is 6.03. The minimum Gasteiger partial charge on any atom is -0.481 e. The number of rotatable bonds is 5. The van der Waals surface area contributed by atoms with Crippen molar-refractivity contribution in [3.05, 3.63) is 11.9 Å². The third-order valence-electron chi connectivity index (χ3n) is 2.79. The molecular formula is C11H17N3O2. The van der Waals surface area contributed by atoms with Crippen LogP contribution >= 0.6 is 0 Å². The summed E-state index contributed by atoms with van der Waals surface area (Å²) in [7, 11) is 3.15. The van der Waals surface area contributed by atoms with Crippen molar-refractivity contribution in [2.45, 2.75) is 25.3 Å². The van der Waals surface area contributed by atoms with Gasteiger partial charge in [-0.3, -0.25) is 0 Å². The van der Waals surface area contributed by atoms with Crippen LogP contribution in [0.2, 0.25) is 0 Å². The minimum atomic E-state index is 0.150. The Kier molecular flexibility index (Phi) is 3.24. The van der Waals surface area contributed by atoms with Gasteiger partial charge in [0.2, 0.25) is 11.8 Å². The quantitative estimate of drug-likeness (QED) is 0.798. The van der Waals surface area contributed by atoms with E-state index >= 15 is 0 Å². The molecule has 1 atom stereocenters. The zero-order valence-electron chi connectivity index (χ0n) is 9.64. The molecule has 1 heterocycles. The summed E-state index contributed by atoms with van der Waals surface area (Å²) < 4.78 is 10.2. The summed E-state index contributed by atoms with van der Waals surface area (Å²) in [6, 6.07) is 1.81. The second kappa shape index (κ2) is 4.65. The molecule has 88 valence electrons. The number of hydrogen-bond donors (Lipinski definition) is 1. The molecular weight excluding hydrogens is 206 g/mol. The number of hydrogen-bond acceptors (Lipinski definition) is 5. The molecule has 0 saturated heterocycles. The van der Waals surface area contributed by atoms with Crippen molar-refractivity contribution in [3.8, 4) is 11.8 Å². The van der Waals surface area contributed by atoms with Crippen LogP contribution in [0.1, 0.15) is 18.7 Å². The van der Waals surface area contributed by atoms with Gasteiger partial charge in [-0.1, -0.05) is 0 Å². The molecule has 5 heteroatoms. The van der Waals surface area contributed by atoms with Gasteiger partial charge in [0.05, 0.1) is 20.3 Å². The average Bonchev–Trinajstić information content (AvgIpc) is 3.12. The van der Waals surface area contributed by atoms with E-state index < -0.39 is 0 Å². The Balaban J connectivity index is 2.11. The molecule has 1 aromatic heterocycles. The topological polar surface area (TPSA) is 70.3 Å². The Labute approximate surface area is 95.0 Å². The van der Waals surface area contributed by atoms with Gasteiger partial charge in [-0.05, 0) is 18.8 Å². The summed E-state index contributed by atoms with van der Waals surface area (Å²) in [6.45, 7) is 0. The lowest BCUT2D eigenvalue weighted by molar-refractivity contribution is 0.366. The first-order chi connectivity index (χ1) is 7.72. The molecule has 0 radical (unpaired) electrons. The molecule has 2 rings (SSSR count). The van der Waals surface area contributed by atoms with Crippen molar-refractivity contribution in [1.82, 2.24) is 9.97 Å². The van der Waals surface area contributed by atoms with Crippen LogP contribution in [-0.2, 0) is 6.42 Å². The Bertz CT molecular complexity index is 344. The van der Waals surface area contributed by atoms with Gasteiger partial charge in [-0.25, -0.2) is 0 Å². The highest BCUT2D eigenvalue weighted by Crippen LogP contribution is 2.32. The molecule has 2 N–H and O–H groups in total. The first-order valence-electron chi connectivity index (χ1n) is 5.44. The predicted octanol–water partition coefficient (Wildman–Crippen LogP) is 0.774. The van der Waals surface area contributed by atoms with E-state index in [1.807, 2.05) is 0 Å². The van der Waals surface area contributed by atoms with Crippen LogP contribution in [0.4, 0.5) is 0 Å². The number of aromatic nitrogens is 2. The molecule has 1 aromatic rings. The Morgan fingerprint density at radius 1 is 1.31 bits per heavy atom. The van der Waals surface area contributed by atoms with E-state index in [0.29, 0.717) is 29.9 Å².